The zero-order valence-corrected chi connectivity index (χ0v) is 14.2. The molecule has 2 rings (SSSR count). The average Bonchev–Trinajstić information content (AvgIpc) is 2.85. The van der Waals surface area contributed by atoms with Crippen molar-refractivity contribution in [1.82, 2.24) is 14.8 Å². The van der Waals surface area contributed by atoms with Gasteiger partial charge in [0.1, 0.15) is 17.9 Å². The summed E-state index contributed by atoms with van der Waals surface area (Å²) in [5, 5.41) is 9.39. The van der Waals surface area contributed by atoms with Crippen molar-refractivity contribution in [1.29, 1.82) is 0 Å². The largest absolute Gasteiger partial charge is 0.493 e. The minimum absolute atomic E-state index is 0.0165. The average molecular weight is 319 g/mol. The Balaban J connectivity index is 1.84. The molecule has 2 aromatic rings. The van der Waals surface area contributed by atoms with Gasteiger partial charge in [0.15, 0.2) is 5.16 Å². The molecule has 0 amide bonds. The van der Waals surface area contributed by atoms with Gasteiger partial charge in [-0.3, -0.25) is 4.79 Å². The summed E-state index contributed by atoms with van der Waals surface area (Å²) in [5.74, 6) is 2.52. The fourth-order valence-electron chi connectivity index (χ4n) is 2.03. The minimum atomic E-state index is -0.0165. The SMILES string of the molecule is Cn1c(SCCOc2ccc(C=O)cc2)nnc1C(C)(C)C. The van der Waals surface area contributed by atoms with Crippen molar-refractivity contribution in [3.8, 4) is 5.75 Å². The Morgan fingerprint density at radius 1 is 1.23 bits per heavy atom. The number of hydrogen-bond donors (Lipinski definition) is 0. The molecule has 0 saturated heterocycles. The van der Waals surface area contributed by atoms with E-state index in [2.05, 4.69) is 31.0 Å². The molecule has 118 valence electrons. The molecule has 1 heterocycles. The molecule has 0 radical (unpaired) electrons. The van der Waals surface area contributed by atoms with E-state index in [4.69, 9.17) is 4.74 Å². The summed E-state index contributed by atoms with van der Waals surface area (Å²) in [4.78, 5) is 10.6. The number of aromatic nitrogens is 3. The van der Waals surface area contributed by atoms with Crippen LogP contribution in [0.25, 0.3) is 0 Å². The molecule has 1 aromatic carbocycles. The highest BCUT2D eigenvalue weighted by molar-refractivity contribution is 7.99. The predicted octanol–water partition coefficient (Wildman–Crippen LogP) is 3.10. The first-order valence-corrected chi connectivity index (χ1v) is 8.11. The van der Waals surface area contributed by atoms with Crippen LogP contribution in [0.5, 0.6) is 5.75 Å². The van der Waals surface area contributed by atoms with Crippen molar-refractivity contribution < 1.29 is 9.53 Å². The maximum atomic E-state index is 10.6. The van der Waals surface area contributed by atoms with Crippen molar-refractivity contribution in [2.75, 3.05) is 12.4 Å². The van der Waals surface area contributed by atoms with Gasteiger partial charge in [-0.2, -0.15) is 0 Å². The molecular weight excluding hydrogens is 298 g/mol. The van der Waals surface area contributed by atoms with Crippen LogP contribution in [0, 0.1) is 0 Å². The number of benzene rings is 1. The van der Waals surface area contributed by atoms with Gasteiger partial charge in [-0.1, -0.05) is 32.5 Å². The van der Waals surface area contributed by atoms with Crippen molar-refractivity contribution >= 4 is 18.0 Å². The van der Waals surface area contributed by atoms with Crippen molar-refractivity contribution in [2.24, 2.45) is 7.05 Å². The van der Waals surface area contributed by atoms with Crippen LogP contribution in [0.4, 0.5) is 0 Å². The predicted molar refractivity (Wildman–Crippen MR) is 87.8 cm³/mol. The summed E-state index contributed by atoms with van der Waals surface area (Å²) in [6.45, 7) is 6.94. The monoisotopic (exact) mass is 319 g/mol. The molecule has 0 aliphatic rings. The lowest BCUT2D eigenvalue weighted by Crippen LogP contribution is -2.17. The summed E-state index contributed by atoms with van der Waals surface area (Å²) in [7, 11) is 1.99. The Morgan fingerprint density at radius 2 is 1.91 bits per heavy atom. The molecule has 22 heavy (non-hydrogen) atoms. The van der Waals surface area contributed by atoms with E-state index in [9.17, 15) is 4.79 Å². The van der Waals surface area contributed by atoms with Gasteiger partial charge in [0.2, 0.25) is 0 Å². The first-order chi connectivity index (χ1) is 10.4. The van der Waals surface area contributed by atoms with Crippen LogP contribution in [-0.4, -0.2) is 33.4 Å². The molecule has 0 bridgehead atoms. The maximum absolute atomic E-state index is 10.6. The zero-order chi connectivity index (χ0) is 16.2. The van der Waals surface area contributed by atoms with Gasteiger partial charge in [-0.05, 0) is 24.3 Å². The Hall–Kier alpha value is -1.82. The molecule has 0 atom stereocenters. The quantitative estimate of drug-likeness (QED) is 0.465. The summed E-state index contributed by atoms with van der Waals surface area (Å²) in [6, 6.07) is 7.09. The molecule has 1 aromatic heterocycles. The number of nitrogens with zero attached hydrogens (tertiary/aromatic N) is 3. The summed E-state index contributed by atoms with van der Waals surface area (Å²) in [6.07, 6.45) is 0.820. The lowest BCUT2D eigenvalue weighted by molar-refractivity contribution is 0.112. The molecule has 0 aliphatic heterocycles. The molecule has 5 nitrogen and oxygen atoms in total. The third kappa shape index (κ3) is 4.10. The van der Waals surface area contributed by atoms with E-state index in [1.54, 1.807) is 36.0 Å². The van der Waals surface area contributed by atoms with Crippen LogP contribution in [0.1, 0.15) is 37.0 Å². The van der Waals surface area contributed by atoms with E-state index < -0.39 is 0 Å². The van der Waals surface area contributed by atoms with Crippen molar-refractivity contribution in [2.45, 2.75) is 31.3 Å². The number of carbonyl (C=O) groups excluding carboxylic acids is 1. The van der Waals surface area contributed by atoms with E-state index in [0.29, 0.717) is 12.2 Å². The minimum Gasteiger partial charge on any atom is -0.493 e. The summed E-state index contributed by atoms with van der Waals surface area (Å²) in [5.41, 5.74) is 0.632. The number of rotatable bonds is 6. The van der Waals surface area contributed by atoms with Crippen molar-refractivity contribution in [3.05, 3.63) is 35.7 Å². The van der Waals surface area contributed by atoms with Crippen LogP contribution >= 0.6 is 11.8 Å². The number of aldehydes is 1. The molecular formula is C16H21N3O2S. The van der Waals surface area contributed by atoms with Crippen LogP contribution in [0.2, 0.25) is 0 Å². The zero-order valence-electron chi connectivity index (χ0n) is 13.4. The second kappa shape index (κ2) is 6.96. The Bertz CT molecular complexity index is 630. The van der Waals surface area contributed by atoms with E-state index in [0.717, 1.165) is 28.8 Å². The van der Waals surface area contributed by atoms with Gasteiger partial charge in [0.25, 0.3) is 0 Å². The fourth-order valence-corrected chi connectivity index (χ4v) is 2.76. The third-order valence-electron chi connectivity index (χ3n) is 3.11. The Morgan fingerprint density at radius 3 is 2.45 bits per heavy atom. The molecule has 0 fully saturated rings. The lowest BCUT2D eigenvalue weighted by Gasteiger charge is -2.16. The second-order valence-corrected chi connectivity index (χ2v) is 7.06. The normalized spacial score (nSPS) is 11.5. The Labute approximate surface area is 135 Å². The van der Waals surface area contributed by atoms with Crippen LogP contribution < -0.4 is 4.74 Å². The van der Waals surface area contributed by atoms with Gasteiger partial charge >= 0.3 is 0 Å². The van der Waals surface area contributed by atoms with Gasteiger partial charge in [-0.25, -0.2) is 0 Å². The first kappa shape index (κ1) is 16.5. The molecule has 0 saturated carbocycles. The number of thioether (sulfide) groups is 1. The van der Waals surface area contributed by atoms with Crippen molar-refractivity contribution in [3.63, 3.8) is 0 Å². The Kier molecular flexibility index (Phi) is 5.24. The highest BCUT2D eigenvalue weighted by Gasteiger charge is 2.21. The molecule has 6 heteroatoms. The lowest BCUT2D eigenvalue weighted by atomic mass is 9.96. The number of carbonyl (C=O) groups is 1. The smallest absolute Gasteiger partial charge is 0.191 e. The first-order valence-electron chi connectivity index (χ1n) is 7.12. The van der Waals surface area contributed by atoms with E-state index in [1.165, 1.54) is 0 Å². The summed E-state index contributed by atoms with van der Waals surface area (Å²) < 4.78 is 7.68. The highest BCUT2D eigenvalue weighted by atomic mass is 32.2. The standard InChI is InChI=1S/C16H21N3O2S/c1-16(2,3)14-17-18-15(19(14)4)22-10-9-21-13-7-5-12(11-20)6-8-13/h5-8,11H,9-10H2,1-4H3. The van der Waals surface area contributed by atoms with Crippen LogP contribution in [0.15, 0.2) is 29.4 Å². The second-order valence-electron chi connectivity index (χ2n) is 6.00. The third-order valence-corrected chi connectivity index (χ3v) is 4.09. The fraction of sp³-hybridized carbons (Fsp3) is 0.438. The topological polar surface area (TPSA) is 57.0 Å². The molecule has 0 N–H and O–H groups in total. The molecule has 0 unspecified atom stereocenters. The van der Waals surface area contributed by atoms with Crippen LogP contribution in [-0.2, 0) is 12.5 Å². The number of ether oxygens (including phenoxy) is 1. The number of hydrogen-bond acceptors (Lipinski definition) is 5. The maximum Gasteiger partial charge on any atom is 0.191 e. The van der Waals surface area contributed by atoms with Gasteiger partial charge < -0.3 is 9.30 Å². The molecule has 0 aliphatic carbocycles. The summed E-state index contributed by atoms with van der Waals surface area (Å²) >= 11 is 1.62. The van der Waals surface area contributed by atoms with E-state index in [-0.39, 0.29) is 5.41 Å². The van der Waals surface area contributed by atoms with E-state index >= 15 is 0 Å². The van der Waals surface area contributed by atoms with Gasteiger partial charge in [-0.15, -0.1) is 10.2 Å². The highest BCUT2D eigenvalue weighted by Crippen LogP contribution is 2.24. The van der Waals surface area contributed by atoms with Crippen LogP contribution in [0.3, 0.4) is 0 Å². The van der Waals surface area contributed by atoms with E-state index in [1.807, 2.05) is 11.6 Å². The van der Waals surface area contributed by atoms with Gasteiger partial charge in [0.05, 0.1) is 6.61 Å². The molecule has 0 spiro atoms. The van der Waals surface area contributed by atoms with Gasteiger partial charge in [0, 0.05) is 23.8 Å².